The summed E-state index contributed by atoms with van der Waals surface area (Å²) in [7, 11) is 0. The molecular weight excluding hydrogens is 668 g/mol. The molecule has 4 aromatic rings. The Morgan fingerprint density at radius 2 is 0.962 bits per heavy atom. The predicted octanol–water partition coefficient (Wildman–Crippen LogP) is 2.66. The molecule has 2 aromatic carbocycles. The Labute approximate surface area is 297 Å². The van der Waals surface area contributed by atoms with Gasteiger partial charge in [0.25, 0.3) is 0 Å². The average Bonchev–Trinajstić information content (AvgIpc) is 3.97. The van der Waals surface area contributed by atoms with Gasteiger partial charge in [-0.15, -0.1) is 0 Å². The Hall–Kier alpha value is -6.32. The Kier molecular flexibility index (Phi) is 8.48. The number of hydrogen-bond donors (Lipinski definition) is 6. The van der Waals surface area contributed by atoms with Crippen LogP contribution in [0.5, 0.6) is 0 Å². The van der Waals surface area contributed by atoms with Crippen LogP contribution in [0.3, 0.4) is 0 Å². The van der Waals surface area contributed by atoms with Gasteiger partial charge in [0, 0.05) is 13.1 Å². The summed E-state index contributed by atoms with van der Waals surface area (Å²) in [4.78, 5) is 93.0. The van der Waals surface area contributed by atoms with E-state index in [0.717, 1.165) is 59.3 Å². The minimum atomic E-state index is -0.888. The molecule has 4 fully saturated rings. The summed E-state index contributed by atoms with van der Waals surface area (Å²) < 4.78 is 0. The molecule has 0 saturated carbocycles. The van der Waals surface area contributed by atoms with Gasteiger partial charge in [-0.05, 0) is 47.9 Å². The molecule has 6 N–H and O–H groups in total. The summed E-state index contributed by atoms with van der Waals surface area (Å²) in [6.45, 7) is 1.04. The molecule has 4 aliphatic heterocycles. The Balaban J connectivity index is 0.914. The first-order valence-electron chi connectivity index (χ1n) is 17.3. The lowest BCUT2D eigenvalue weighted by atomic mass is 10.0. The smallest absolute Gasteiger partial charge is 0.322 e. The van der Waals surface area contributed by atoms with Crippen molar-refractivity contribution in [3.63, 3.8) is 0 Å². The summed E-state index contributed by atoms with van der Waals surface area (Å²) >= 11 is 0. The number of imide groups is 2. The average molecular weight is 705 g/mol. The molecule has 0 radical (unpaired) electrons. The first kappa shape index (κ1) is 32.9. The number of aromatic nitrogens is 4. The maximum atomic E-state index is 13.2. The third kappa shape index (κ3) is 6.38. The molecule has 4 aliphatic rings. The van der Waals surface area contributed by atoms with E-state index in [0.29, 0.717) is 24.7 Å². The van der Waals surface area contributed by atoms with Crippen molar-refractivity contribution in [3.05, 3.63) is 72.6 Å². The van der Waals surface area contributed by atoms with Crippen molar-refractivity contribution in [1.29, 1.82) is 0 Å². The fourth-order valence-corrected chi connectivity index (χ4v) is 7.53. The van der Waals surface area contributed by atoms with Crippen molar-refractivity contribution >= 4 is 35.7 Å². The Morgan fingerprint density at radius 1 is 0.577 bits per heavy atom. The highest BCUT2D eigenvalue weighted by molar-refractivity contribution is 6.03. The molecule has 4 atom stereocenters. The monoisotopic (exact) mass is 704 g/mol. The normalized spacial score (nSPS) is 23.2. The molecule has 8 rings (SSSR count). The number of hydrogen-bond acceptors (Lipinski definition) is 8. The van der Waals surface area contributed by atoms with Gasteiger partial charge in [0.2, 0.25) is 23.6 Å². The summed E-state index contributed by atoms with van der Waals surface area (Å²) in [5, 5.41) is 9.43. The minimum Gasteiger partial charge on any atom is -0.340 e. The molecule has 0 spiro atoms. The summed E-state index contributed by atoms with van der Waals surface area (Å²) in [6.07, 6.45) is 6.35. The lowest BCUT2D eigenvalue weighted by molar-refractivity contribution is -0.137. The second-order valence-corrected chi connectivity index (χ2v) is 13.5. The largest absolute Gasteiger partial charge is 0.340 e. The number of aromatic amines is 2. The predicted molar refractivity (Wildman–Crippen MR) is 185 cm³/mol. The summed E-state index contributed by atoms with van der Waals surface area (Å²) in [5.41, 5.74) is 5.54. The molecule has 266 valence electrons. The molecule has 2 aromatic heterocycles. The van der Waals surface area contributed by atoms with Crippen LogP contribution < -0.4 is 21.3 Å². The van der Waals surface area contributed by atoms with E-state index in [-0.39, 0.29) is 36.7 Å². The van der Waals surface area contributed by atoms with Crippen LogP contribution in [0.25, 0.3) is 33.6 Å². The van der Waals surface area contributed by atoms with Gasteiger partial charge in [0.15, 0.2) is 0 Å². The quantitative estimate of drug-likeness (QED) is 0.168. The molecule has 8 amide bonds. The zero-order valence-corrected chi connectivity index (χ0v) is 28.0. The van der Waals surface area contributed by atoms with Gasteiger partial charge in [0.1, 0.15) is 23.7 Å². The topological polar surface area (TPSA) is 214 Å². The van der Waals surface area contributed by atoms with E-state index in [1.165, 1.54) is 0 Å². The van der Waals surface area contributed by atoms with E-state index in [9.17, 15) is 28.8 Å². The fraction of sp³-hybridized carbons (Fsp3) is 0.333. The first-order valence-corrected chi connectivity index (χ1v) is 17.3. The van der Waals surface area contributed by atoms with Gasteiger partial charge in [-0.1, -0.05) is 48.5 Å². The number of H-pyrrole nitrogens is 2. The summed E-state index contributed by atoms with van der Waals surface area (Å²) in [6, 6.07) is 12.5. The van der Waals surface area contributed by atoms with Crippen LogP contribution in [0.2, 0.25) is 0 Å². The van der Waals surface area contributed by atoms with Crippen molar-refractivity contribution in [1.82, 2.24) is 51.0 Å². The molecule has 4 saturated heterocycles. The number of nitrogens with one attached hydrogen (secondary N) is 6. The highest BCUT2D eigenvalue weighted by Crippen LogP contribution is 2.35. The molecule has 16 heteroatoms. The third-order valence-corrected chi connectivity index (χ3v) is 10.1. The molecule has 6 heterocycles. The van der Waals surface area contributed by atoms with Gasteiger partial charge in [-0.2, -0.15) is 0 Å². The fourth-order valence-electron chi connectivity index (χ4n) is 7.53. The van der Waals surface area contributed by atoms with Crippen LogP contribution in [0.1, 0.15) is 62.3 Å². The number of nitrogens with zero attached hydrogens (tertiary/aromatic N) is 4. The van der Waals surface area contributed by atoms with Crippen molar-refractivity contribution in [2.75, 3.05) is 13.1 Å². The zero-order chi connectivity index (χ0) is 35.9. The SMILES string of the molecule is O=C1C[C@@H](C(=O)N2CCCC2c2ncc(-c3ccc(-c4ccc(-c5cnc(C6CCCN6C(=O)[C@@H]6CC(=O)NC(=O)N6)[nH]5)cc4)cc3)[nH]2)NC(=O)N1. The van der Waals surface area contributed by atoms with Crippen LogP contribution >= 0.6 is 0 Å². The first-order chi connectivity index (χ1) is 25.2. The highest BCUT2D eigenvalue weighted by Gasteiger charge is 2.40. The second kappa shape index (κ2) is 13.4. The van der Waals surface area contributed by atoms with E-state index >= 15 is 0 Å². The van der Waals surface area contributed by atoms with E-state index in [1.807, 2.05) is 48.5 Å². The van der Waals surface area contributed by atoms with Crippen LogP contribution in [-0.4, -0.2) is 90.6 Å². The van der Waals surface area contributed by atoms with Gasteiger partial charge in [0.05, 0.1) is 48.7 Å². The van der Waals surface area contributed by atoms with Crippen LogP contribution in [0.15, 0.2) is 60.9 Å². The van der Waals surface area contributed by atoms with Gasteiger partial charge < -0.3 is 30.4 Å². The number of likely N-dealkylation sites (tertiary alicyclic amines) is 2. The lowest BCUT2D eigenvalue weighted by Gasteiger charge is -2.30. The molecule has 16 nitrogen and oxygen atoms in total. The molecule has 2 unspecified atom stereocenters. The Bertz CT molecular complexity index is 1890. The summed E-state index contributed by atoms with van der Waals surface area (Å²) in [5.74, 6) is -0.200. The van der Waals surface area contributed by atoms with E-state index < -0.39 is 36.0 Å². The van der Waals surface area contributed by atoms with Crippen LogP contribution in [0.4, 0.5) is 9.59 Å². The standard InChI is InChI=1S/C36H36N10O6/c47-29-15-23(41-35(51)43-29)33(49)45-13-1-3-27(45)31-37-17-25(39-31)21-9-5-19(6-10-21)20-7-11-22(12-8-20)26-18-38-32(40-26)28-4-2-14-46(28)34(50)24-16-30(48)44-36(52)42-24/h5-12,17-18,23-24,27-28H,1-4,13-16H2,(H,37,39)(H,38,40)(H2,41,43,47,51)(H2,42,44,48,52)/t23-,24-,27?,28?/m0/s1. The highest BCUT2D eigenvalue weighted by atomic mass is 16.2. The van der Waals surface area contributed by atoms with Gasteiger partial charge in [-0.25, -0.2) is 19.6 Å². The van der Waals surface area contributed by atoms with Crippen molar-refractivity contribution in [3.8, 4) is 33.6 Å². The second-order valence-electron chi connectivity index (χ2n) is 13.5. The number of rotatable bonds is 7. The van der Waals surface area contributed by atoms with Gasteiger partial charge in [-0.3, -0.25) is 29.8 Å². The molecular formula is C36H36N10O6. The van der Waals surface area contributed by atoms with Crippen LogP contribution in [-0.2, 0) is 19.2 Å². The van der Waals surface area contributed by atoms with E-state index in [1.54, 1.807) is 22.2 Å². The zero-order valence-electron chi connectivity index (χ0n) is 28.0. The van der Waals surface area contributed by atoms with Crippen molar-refractivity contribution in [2.45, 2.75) is 62.7 Å². The molecule has 0 bridgehead atoms. The third-order valence-electron chi connectivity index (χ3n) is 10.1. The molecule has 52 heavy (non-hydrogen) atoms. The van der Waals surface area contributed by atoms with Crippen molar-refractivity contribution in [2.24, 2.45) is 0 Å². The van der Waals surface area contributed by atoms with E-state index in [2.05, 4.69) is 41.2 Å². The number of amides is 8. The molecule has 0 aliphatic carbocycles. The van der Waals surface area contributed by atoms with Crippen LogP contribution in [0, 0.1) is 0 Å². The van der Waals surface area contributed by atoms with Crippen molar-refractivity contribution < 1.29 is 28.8 Å². The number of urea groups is 2. The van der Waals surface area contributed by atoms with Gasteiger partial charge >= 0.3 is 12.1 Å². The number of imidazole rings is 2. The van der Waals surface area contributed by atoms with E-state index in [4.69, 9.17) is 0 Å². The lowest BCUT2D eigenvalue weighted by Crippen LogP contribution is -2.58. The minimum absolute atomic E-state index is 0.0903. The number of benzene rings is 2. The Morgan fingerprint density at radius 3 is 1.35 bits per heavy atom. The maximum Gasteiger partial charge on any atom is 0.322 e. The number of carbonyl (C=O) groups excluding carboxylic acids is 6. The maximum absolute atomic E-state index is 13.2. The number of carbonyl (C=O) groups is 6.